The second kappa shape index (κ2) is 5.53. The lowest BCUT2D eigenvalue weighted by atomic mass is 10.2. The van der Waals surface area contributed by atoms with Crippen LogP contribution < -0.4 is 5.32 Å². The van der Waals surface area contributed by atoms with Crippen molar-refractivity contribution in [1.82, 2.24) is 10.3 Å². The molecule has 2 aromatic rings. The van der Waals surface area contributed by atoms with E-state index >= 15 is 0 Å². The van der Waals surface area contributed by atoms with Gasteiger partial charge in [0.05, 0.1) is 15.5 Å². The van der Waals surface area contributed by atoms with E-state index in [4.69, 9.17) is 11.6 Å². The number of aromatic nitrogens is 1. The van der Waals surface area contributed by atoms with E-state index in [0.717, 1.165) is 11.6 Å². The minimum absolute atomic E-state index is 0.0893. The van der Waals surface area contributed by atoms with Gasteiger partial charge >= 0.3 is 0 Å². The number of non-ortho nitro benzene ring substituents is 1. The fourth-order valence-corrected chi connectivity index (χ4v) is 1.75. The van der Waals surface area contributed by atoms with Gasteiger partial charge in [-0.2, -0.15) is 0 Å². The van der Waals surface area contributed by atoms with Crippen LogP contribution in [0.15, 0.2) is 36.7 Å². The molecular formula is C12H10ClN3O3. The number of carbonyl (C=O) groups is 1. The van der Waals surface area contributed by atoms with Gasteiger partial charge < -0.3 is 10.3 Å². The smallest absolute Gasteiger partial charge is 0.270 e. The zero-order valence-corrected chi connectivity index (χ0v) is 10.5. The van der Waals surface area contributed by atoms with Crippen molar-refractivity contribution in [3.05, 3.63) is 62.9 Å². The molecule has 0 aliphatic heterocycles. The highest BCUT2D eigenvalue weighted by atomic mass is 35.5. The number of rotatable bonds is 4. The lowest BCUT2D eigenvalue weighted by Crippen LogP contribution is -2.23. The Morgan fingerprint density at radius 2 is 2.21 bits per heavy atom. The van der Waals surface area contributed by atoms with Gasteiger partial charge in [0.25, 0.3) is 11.6 Å². The highest BCUT2D eigenvalue weighted by molar-refractivity contribution is 6.33. The van der Waals surface area contributed by atoms with Gasteiger partial charge in [-0.3, -0.25) is 14.9 Å². The first kappa shape index (κ1) is 13.1. The molecule has 19 heavy (non-hydrogen) atoms. The molecule has 98 valence electrons. The summed E-state index contributed by atoms with van der Waals surface area (Å²) in [7, 11) is 0. The number of aromatic amines is 1. The predicted molar refractivity (Wildman–Crippen MR) is 70.1 cm³/mol. The quantitative estimate of drug-likeness (QED) is 0.666. The SMILES string of the molecule is O=C(NCc1cc[nH]c1)c1cc([N+](=O)[O-])ccc1Cl. The molecule has 0 spiro atoms. The summed E-state index contributed by atoms with van der Waals surface area (Å²) in [4.78, 5) is 24.9. The van der Waals surface area contributed by atoms with E-state index in [9.17, 15) is 14.9 Å². The van der Waals surface area contributed by atoms with Crippen molar-refractivity contribution in [3.8, 4) is 0 Å². The summed E-state index contributed by atoms with van der Waals surface area (Å²) in [6, 6.07) is 5.57. The number of nitrogens with one attached hydrogen (secondary N) is 2. The molecule has 0 fully saturated rings. The Bertz CT molecular complexity index is 611. The highest BCUT2D eigenvalue weighted by Gasteiger charge is 2.15. The maximum Gasteiger partial charge on any atom is 0.270 e. The number of hydrogen-bond acceptors (Lipinski definition) is 3. The molecule has 2 N–H and O–H groups in total. The molecule has 0 saturated carbocycles. The number of H-pyrrole nitrogens is 1. The van der Waals surface area contributed by atoms with Crippen LogP contribution in [0, 0.1) is 10.1 Å². The summed E-state index contributed by atoms with van der Waals surface area (Å²) in [5, 5.41) is 13.5. The molecule has 1 aromatic heterocycles. The zero-order chi connectivity index (χ0) is 13.8. The van der Waals surface area contributed by atoms with E-state index in [1.165, 1.54) is 12.1 Å². The number of nitro benzene ring substituents is 1. The van der Waals surface area contributed by atoms with Crippen LogP contribution in [0.2, 0.25) is 5.02 Å². The van der Waals surface area contributed by atoms with E-state index in [0.29, 0.717) is 6.54 Å². The van der Waals surface area contributed by atoms with Crippen LogP contribution in [-0.2, 0) is 6.54 Å². The summed E-state index contributed by atoms with van der Waals surface area (Å²) in [5.74, 6) is -0.449. The summed E-state index contributed by atoms with van der Waals surface area (Å²) in [5.41, 5.74) is 0.817. The first-order valence-corrected chi connectivity index (χ1v) is 5.79. The van der Waals surface area contributed by atoms with Crippen molar-refractivity contribution >= 4 is 23.2 Å². The van der Waals surface area contributed by atoms with E-state index in [1.54, 1.807) is 12.4 Å². The van der Waals surface area contributed by atoms with Gasteiger partial charge in [0, 0.05) is 31.1 Å². The van der Waals surface area contributed by atoms with Crippen molar-refractivity contribution in [2.45, 2.75) is 6.54 Å². The second-order valence-corrected chi connectivity index (χ2v) is 4.23. The van der Waals surface area contributed by atoms with Gasteiger partial charge in [0.2, 0.25) is 0 Å². The molecule has 0 aliphatic rings. The Labute approximate surface area is 113 Å². The fourth-order valence-electron chi connectivity index (χ4n) is 1.55. The lowest BCUT2D eigenvalue weighted by Gasteiger charge is -2.05. The van der Waals surface area contributed by atoms with Crippen molar-refractivity contribution in [2.24, 2.45) is 0 Å². The standard InChI is InChI=1S/C12H10ClN3O3/c13-11-2-1-9(16(18)19)5-10(11)12(17)15-7-8-3-4-14-6-8/h1-6,14H,7H2,(H,15,17). The van der Waals surface area contributed by atoms with Crippen LogP contribution in [0.25, 0.3) is 0 Å². The normalized spacial score (nSPS) is 10.2. The Morgan fingerprint density at radius 1 is 1.42 bits per heavy atom. The second-order valence-electron chi connectivity index (χ2n) is 3.82. The van der Waals surface area contributed by atoms with Crippen molar-refractivity contribution in [2.75, 3.05) is 0 Å². The van der Waals surface area contributed by atoms with Gasteiger partial charge in [0.1, 0.15) is 0 Å². The van der Waals surface area contributed by atoms with Gasteiger partial charge in [-0.1, -0.05) is 11.6 Å². The van der Waals surface area contributed by atoms with Gasteiger partial charge in [-0.05, 0) is 17.7 Å². The van der Waals surface area contributed by atoms with Crippen LogP contribution in [-0.4, -0.2) is 15.8 Å². The van der Waals surface area contributed by atoms with Gasteiger partial charge in [0.15, 0.2) is 0 Å². The molecule has 0 saturated heterocycles. The molecule has 0 unspecified atom stereocenters. The molecule has 6 nitrogen and oxygen atoms in total. The number of amides is 1. The Morgan fingerprint density at radius 3 is 2.84 bits per heavy atom. The maximum atomic E-state index is 11.9. The third-order valence-corrected chi connectivity index (χ3v) is 2.85. The van der Waals surface area contributed by atoms with Crippen LogP contribution in [0.1, 0.15) is 15.9 Å². The molecule has 0 radical (unpaired) electrons. The van der Waals surface area contributed by atoms with Crippen molar-refractivity contribution in [1.29, 1.82) is 0 Å². The van der Waals surface area contributed by atoms with Crippen LogP contribution in [0.4, 0.5) is 5.69 Å². The highest BCUT2D eigenvalue weighted by Crippen LogP contribution is 2.21. The average Bonchev–Trinajstić information content (AvgIpc) is 2.89. The van der Waals surface area contributed by atoms with Crippen molar-refractivity contribution in [3.63, 3.8) is 0 Å². The molecule has 1 amide bonds. The molecular weight excluding hydrogens is 270 g/mol. The lowest BCUT2D eigenvalue weighted by molar-refractivity contribution is -0.384. The number of carbonyl (C=O) groups excluding carboxylic acids is 1. The number of hydrogen-bond donors (Lipinski definition) is 2. The van der Waals surface area contributed by atoms with Crippen LogP contribution >= 0.6 is 11.6 Å². The van der Waals surface area contributed by atoms with E-state index in [-0.39, 0.29) is 16.3 Å². The molecule has 1 aromatic carbocycles. The third kappa shape index (κ3) is 3.11. The first-order chi connectivity index (χ1) is 9.08. The summed E-state index contributed by atoms with van der Waals surface area (Å²) >= 11 is 5.87. The molecule has 0 atom stereocenters. The van der Waals surface area contributed by atoms with Crippen molar-refractivity contribution < 1.29 is 9.72 Å². The number of nitro groups is 1. The van der Waals surface area contributed by atoms with Gasteiger partial charge in [-0.25, -0.2) is 0 Å². The fraction of sp³-hybridized carbons (Fsp3) is 0.0833. The largest absolute Gasteiger partial charge is 0.367 e. The third-order valence-electron chi connectivity index (χ3n) is 2.52. The molecule has 0 aliphatic carbocycles. The minimum Gasteiger partial charge on any atom is -0.367 e. The van der Waals surface area contributed by atoms with Gasteiger partial charge in [-0.15, -0.1) is 0 Å². The topological polar surface area (TPSA) is 88.0 Å². The number of nitrogens with zero attached hydrogens (tertiary/aromatic N) is 1. The number of benzene rings is 1. The van der Waals surface area contributed by atoms with E-state index in [2.05, 4.69) is 10.3 Å². The Kier molecular flexibility index (Phi) is 3.82. The average molecular weight is 280 g/mol. The van der Waals surface area contributed by atoms with E-state index in [1.807, 2.05) is 6.07 Å². The Hall–Kier alpha value is -2.34. The maximum absolute atomic E-state index is 11.9. The zero-order valence-electron chi connectivity index (χ0n) is 9.72. The predicted octanol–water partition coefficient (Wildman–Crippen LogP) is 2.51. The van der Waals surface area contributed by atoms with E-state index < -0.39 is 10.8 Å². The number of halogens is 1. The summed E-state index contributed by atoms with van der Waals surface area (Å²) < 4.78 is 0. The molecule has 0 bridgehead atoms. The monoisotopic (exact) mass is 279 g/mol. The minimum atomic E-state index is -0.570. The first-order valence-electron chi connectivity index (χ1n) is 5.42. The van der Waals surface area contributed by atoms with Crippen LogP contribution in [0.3, 0.4) is 0 Å². The molecule has 1 heterocycles. The summed E-state index contributed by atoms with van der Waals surface area (Å²) in [6.07, 6.45) is 3.48. The molecule has 2 rings (SSSR count). The Balaban J connectivity index is 2.14. The summed E-state index contributed by atoms with van der Waals surface area (Å²) in [6.45, 7) is 0.321. The van der Waals surface area contributed by atoms with Crippen LogP contribution in [0.5, 0.6) is 0 Å². The molecule has 7 heteroatoms.